The summed E-state index contributed by atoms with van der Waals surface area (Å²) >= 11 is 0.971. The molecular formula is C35H28N4O10S. The molecule has 0 aliphatic carbocycles. The number of non-ortho nitro benzene ring substituents is 1. The maximum Gasteiger partial charge on any atom is 0.338 e. The van der Waals surface area contributed by atoms with Gasteiger partial charge in [0, 0.05) is 17.7 Å². The van der Waals surface area contributed by atoms with Gasteiger partial charge in [0.25, 0.3) is 16.9 Å². The molecule has 254 valence electrons. The zero-order chi connectivity index (χ0) is 35.5. The number of nitro benzene ring substituents is 2. The van der Waals surface area contributed by atoms with Crippen molar-refractivity contribution in [3.8, 4) is 22.8 Å². The number of thiazole rings is 1. The SMILES string of the molecule is CCOC(=O)C1=C(C)N=c2s/c(=C\c3cc(OC)c(OCc4ccccc4)cc3[N+](=O)[O-])c(=O)n2[C@H]1c1ccc(-c2cccc([N+](=O)[O-])c2)o1. The van der Waals surface area contributed by atoms with Crippen LogP contribution in [0.2, 0.25) is 0 Å². The van der Waals surface area contributed by atoms with E-state index in [1.165, 1.54) is 48.1 Å². The van der Waals surface area contributed by atoms with Crippen LogP contribution in [0.1, 0.15) is 36.8 Å². The van der Waals surface area contributed by atoms with Gasteiger partial charge in [0.15, 0.2) is 16.3 Å². The molecule has 0 spiro atoms. The molecule has 0 fully saturated rings. The number of ether oxygens (including phenoxy) is 3. The summed E-state index contributed by atoms with van der Waals surface area (Å²) in [4.78, 5) is 54.7. The molecule has 2 aromatic heterocycles. The Morgan fingerprint density at radius 2 is 1.80 bits per heavy atom. The molecule has 0 bridgehead atoms. The second-order valence-corrected chi connectivity index (χ2v) is 11.9. The summed E-state index contributed by atoms with van der Waals surface area (Å²) in [5, 5.41) is 23.6. The lowest BCUT2D eigenvalue weighted by molar-refractivity contribution is -0.385. The fourth-order valence-corrected chi connectivity index (χ4v) is 6.51. The number of benzene rings is 3. The number of methoxy groups -OCH3 is 1. The van der Waals surface area contributed by atoms with Crippen LogP contribution in [0.4, 0.5) is 11.4 Å². The number of allylic oxidation sites excluding steroid dienone is 1. The Balaban J connectivity index is 1.47. The second-order valence-electron chi connectivity index (χ2n) is 10.9. The Morgan fingerprint density at radius 3 is 2.50 bits per heavy atom. The first kappa shape index (κ1) is 33.5. The number of nitro groups is 2. The van der Waals surface area contributed by atoms with Gasteiger partial charge < -0.3 is 18.6 Å². The van der Waals surface area contributed by atoms with E-state index in [2.05, 4.69) is 4.99 Å². The first-order valence-corrected chi connectivity index (χ1v) is 16.0. The molecule has 50 heavy (non-hydrogen) atoms. The van der Waals surface area contributed by atoms with Gasteiger partial charge in [-0.3, -0.25) is 29.6 Å². The Kier molecular flexibility index (Phi) is 9.41. The molecule has 0 radical (unpaired) electrons. The number of fused-ring (bicyclic) bond motifs is 1. The van der Waals surface area contributed by atoms with E-state index in [1.807, 2.05) is 30.3 Å². The van der Waals surface area contributed by atoms with Crippen LogP contribution in [0.15, 0.2) is 104 Å². The van der Waals surface area contributed by atoms with Crippen molar-refractivity contribution in [1.29, 1.82) is 0 Å². The zero-order valence-electron chi connectivity index (χ0n) is 26.9. The molecule has 0 unspecified atom stereocenters. The standard InChI is InChI=1S/C35H28N4O10S/c1-4-47-34(41)31-20(2)36-35-37(32(31)27-14-13-26(49-27)22-11-8-12-24(15-22)38(42)43)33(40)30(50-35)17-23-16-28(46-3)29(18-25(23)39(44)45)48-19-21-9-6-5-7-10-21/h5-18,32H,4,19H2,1-3H3/b30-17-/t32-/m0/s1. The fraction of sp³-hybridized carbons (Fsp3) is 0.171. The highest BCUT2D eigenvalue weighted by molar-refractivity contribution is 7.07. The van der Waals surface area contributed by atoms with Crippen LogP contribution in [-0.2, 0) is 16.1 Å². The Morgan fingerprint density at radius 1 is 1.02 bits per heavy atom. The molecular weight excluding hydrogens is 668 g/mol. The topological polar surface area (TPSA) is 179 Å². The van der Waals surface area contributed by atoms with Crippen molar-refractivity contribution in [2.45, 2.75) is 26.5 Å². The number of carbonyl (C=O) groups is 1. The summed E-state index contributed by atoms with van der Waals surface area (Å²) in [6.45, 7) is 3.44. The van der Waals surface area contributed by atoms with E-state index in [9.17, 15) is 29.8 Å². The maximum atomic E-state index is 14.2. The number of esters is 1. The summed E-state index contributed by atoms with van der Waals surface area (Å²) in [5.74, 6) is 0.0831. The monoisotopic (exact) mass is 696 g/mol. The van der Waals surface area contributed by atoms with Gasteiger partial charge in [0.2, 0.25) is 0 Å². The van der Waals surface area contributed by atoms with Crippen LogP contribution in [-0.4, -0.2) is 34.1 Å². The summed E-state index contributed by atoms with van der Waals surface area (Å²) in [5.41, 5.74) is 0.606. The zero-order valence-corrected chi connectivity index (χ0v) is 27.7. The van der Waals surface area contributed by atoms with Gasteiger partial charge in [-0.15, -0.1) is 0 Å². The molecule has 0 amide bonds. The van der Waals surface area contributed by atoms with Crippen LogP contribution in [0.5, 0.6) is 11.5 Å². The summed E-state index contributed by atoms with van der Waals surface area (Å²) in [6, 6.07) is 19.8. The number of carbonyl (C=O) groups excluding carboxylic acids is 1. The molecule has 0 saturated carbocycles. The summed E-state index contributed by atoms with van der Waals surface area (Å²) in [7, 11) is 1.40. The molecule has 0 saturated heterocycles. The molecule has 15 heteroatoms. The number of hydrogen-bond acceptors (Lipinski definition) is 12. The normalized spacial score (nSPS) is 14.1. The Bertz CT molecular complexity index is 2360. The van der Waals surface area contributed by atoms with Crippen molar-refractivity contribution in [3.05, 3.63) is 147 Å². The van der Waals surface area contributed by atoms with Crippen molar-refractivity contribution in [2.24, 2.45) is 4.99 Å². The first-order valence-electron chi connectivity index (χ1n) is 15.2. The minimum absolute atomic E-state index is 0.0540. The molecule has 1 aliphatic heterocycles. The third-order valence-corrected chi connectivity index (χ3v) is 8.77. The maximum absolute atomic E-state index is 14.2. The van der Waals surface area contributed by atoms with Crippen molar-refractivity contribution in [3.63, 3.8) is 0 Å². The number of aromatic nitrogens is 1. The van der Waals surface area contributed by atoms with Crippen LogP contribution in [0.3, 0.4) is 0 Å². The molecule has 5 aromatic rings. The van der Waals surface area contributed by atoms with Crippen LogP contribution in [0.25, 0.3) is 17.4 Å². The largest absolute Gasteiger partial charge is 0.493 e. The van der Waals surface area contributed by atoms with Crippen molar-refractivity contribution >= 4 is 34.8 Å². The van der Waals surface area contributed by atoms with Gasteiger partial charge in [-0.1, -0.05) is 53.8 Å². The van der Waals surface area contributed by atoms with Gasteiger partial charge >= 0.3 is 5.97 Å². The molecule has 1 atom stereocenters. The van der Waals surface area contributed by atoms with Crippen LogP contribution < -0.4 is 24.4 Å². The average molecular weight is 697 g/mol. The molecule has 6 rings (SSSR count). The van der Waals surface area contributed by atoms with E-state index in [4.69, 9.17) is 18.6 Å². The summed E-state index contributed by atoms with van der Waals surface area (Å²) in [6.07, 6.45) is 1.36. The molecule has 3 heterocycles. The molecule has 1 aliphatic rings. The fourth-order valence-electron chi connectivity index (χ4n) is 5.48. The van der Waals surface area contributed by atoms with Gasteiger partial charge in [-0.25, -0.2) is 9.79 Å². The average Bonchev–Trinajstić information content (AvgIpc) is 3.72. The molecule has 0 N–H and O–H groups in total. The van der Waals surface area contributed by atoms with Crippen molar-refractivity contribution in [1.82, 2.24) is 4.57 Å². The number of nitrogens with zero attached hydrogens (tertiary/aromatic N) is 4. The number of hydrogen-bond donors (Lipinski definition) is 0. The summed E-state index contributed by atoms with van der Waals surface area (Å²) < 4.78 is 24.2. The quantitative estimate of drug-likeness (QED) is 0.0978. The van der Waals surface area contributed by atoms with Crippen LogP contribution >= 0.6 is 11.3 Å². The third-order valence-electron chi connectivity index (χ3n) is 7.79. The minimum Gasteiger partial charge on any atom is -0.493 e. The third kappa shape index (κ3) is 6.53. The highest BCUT2D eigenvalue weighted by Crippen LogP contribution is 2.37. The van der Waals surface area contributed by atoms with E-state index in [-0.39, 0.29) is 73.8 Å². The predicted octanol–water partition coefficient (Wildman–Crippen LogP) is 5.46. The highest BCUT2D eigenvalue weighted by atomic mass is 32.1. The lowest BCUT2D eigenvalue weighted by Crippen LogP contribution is -2.39. The first-order chi connectivity index (χ1) is 24.1. The lowest BCUT2D eigenvalue weighted by atomic mass is 10.0. The lowest BCUT2D eigenvalue weighted by Gasteiger charge is -2.22. The van der Waals surface area contributed by atoms with E-state index in [0.29, 0.717) is 5.56 Å². The smallest absolute Gasteiger partial charge is 0.338 e. The van der Waals surface area contributed by atoms with E-state index in [0.717, 1.165) is 16.9 Å². The van der Waals surface area contributed by atoms with Crippen molar-refractivity contribution in [2.75, 3.05) is 13.7 Å². The number of furan rings is 1. The number of rotatable bonds is 11. The van der Waals surface area contributed by atoms with Gasteiger partial charge in [-0.2, -0.15) is 0 Å². The Labute approximate surface area is 287 Å². The van der Waals surface area contributed by atoms with Gasteiger partial charge in [0.1, 0.15) is 24.2 Å². The van der Waals surface area contributed by atoms with Gasteiger partial charge in [0.05, 0.1) is 51.0 Å². The molecule has 14 nitrogen and oxygen atoms in total. The highest BCUT2D eigenvalue weighted by Gasteiger charge is 2.36. The van der Waals surface area contributed by atoms with Crippen LogP contribution in [0, 0.1) is 20.2 Å². The van der Waals surface area contributed by atoms with Crippen molar-refractivity contribution < 1.29 is 33.3 Å². The predicted molar refractivity (Wildman–Crippen MR) is 182 cm³/mol. The van der Waals surface area contributed by atoms with E-state index in [1.54, 1.807) is 32.0 Å². The van der Waals surface area contributed by atoms with Gasteiger partial charge in [-0.05, 0) is 43.7 Å². The van der Waals surface area contributed by atoms with E-state index < -0.39 is 27.4 Å². The minimum atomic E-state index is -1.13. The van der Waals surface area contributed by atoms with E-state index >= 15 is 0 Å². The second kappa shape index (κ2) is 14.0. The Hall–Kier alpha value is -6.35. The molecule has 3 aromatic carbocycles.